The van der Waals surface area contributed by atoms with Crippen LogP contribution in [0.5, 0.6) is 0 Å². The van der Waals surface area contributed by atoms with Gasteiger partial charge in [-0.1, -0.05) is 35.5 Å². The van der Waals surface area contributed by atoms with Crippen LogP contribution in [0.4, 0.5) is 0 Å². The number of hydrazine groups is 1. The molecule has 2 aromatic rings. The van der Waals surface area contributed by atoms with E-state index < -0.39 is 6.10 Å². The van der Waals surface area contributed by atoms with Gasteiger partial charge in [0.2, 0.25) is 5.76 Å². The summed E-state index contributed by atoms with van der Waals surface area (Å²) in [7, 11) is 0. The first-order chi connectivity index (χ1) is 12.4. The number of carbonyl (C=O) groups excluding carboxylic acids is 1. The first-order valence-corrected chi connectivity index (χ1v) is 8.45. The number of hydrogen-bond donors (Lipinski definition) is 4. The number of nitrogens with two attached hydrogens (primary N) is 2. The summed E-state index contributed by atoms with van der Waals surface area (Å²) in [6, 6.07) is 11.2. The standard InChI is InChI=1S/C18H23N5O3/c1-11(24)15(19)10-23(20)14-7-13(8-14)21-18(25)17-9-16(22-26-17)12-5-3-2-4-6-12/h2-6,9-11,13-14,24H,7-8,19-20H2,1H3,(H,21,25)/b15-10-/t11-,13?,14?/m1/s1. The zero-order valence-electron chi connectivity index (χ0n) is 14.5. The summed E-state index contributed by atoms with van der Waals surface area (Å²) in [5.41, 5.74) is 7.49. The first kappa shape index (κ1) is 18.0. The Morgan fingerprint density at radius 2 is 2.12 bits per heavy atom. The van der Waals surface area contributed by atoms with Crippen molar-refractivity contribution in [3.63, 3.8) is 0 Å². The van der Waals surface area contributed by atoms with Crippen LogP contribution in [0.2, 0.25) is 0 Å². The van der Waals surface area contributed by atoms with E-state index in [1.807, 2.05) is 30.3 Å². The molecule has 1 aromatic heterocycles. The van der Waals surface area contributed by atoms with E-state index in [2.05, 4.69) is 10.5 Å². The summed E-state index contributed by atoms with van der Waals surface area (Å²) in [5.74, 6) is 5.79. The molecule has 8 nitrogen and oxygen atoms in total. The molecule has 3 rings (SSSR count). The van der Waals surface area contributed by atoms with Gasteiger partial charge in [0.25, 0.3) is 5.91 Å². The van der Waals surface area contributed by atoms with Crippen molar-refractivity contribution in [3.05, 3.63) is 54.1 Å². The fourth-order valence-electron chi connectivity index (χ4n) is 2.72. The Labute approximate surface area is 151 Å². The van der Waals surface area contributed by atoms with Gasteiger partial charge in [0.1, 0.15) is 5.69 Å². The number of carbonyl (C=O) groups is 1. The molecule has 1 heterocycles. The molecule has 1 amide bonds. The van der Waals surface area contributed by atoms with E-state index in [-0.39, 0.29) is 23.8 Å². The Morgan fingerprint density at radius 1 is 1.42 bits per heavy atom. The van der Waals surface area contributed by atoms with Crippen LogP contribution in [0.15, 0.2) is 52.8 Å². The lowest BCUT2D eigenvalue weighted by Crippen LogP contribution is -2.54. The van der Waals surface area contributed by atoms with E-state index in [4.69, 9.17) is 16.1 Å². The van der Waals surface area contributed by atoms with Crippen LogP contribution in [-0.2, 0) is 0 Å². The molecule has 0 spiro atoms. The molecular weight excluding hydrogens is 334 g/mol. The molecule has 26 heavy (non-hydrogen) atoms. The van der Waals surface area contributed by atoms with Crippen molar-refractivity contribution in [2.45, 2.75) is 38.0 Å². The number of nitrogens with zero attached hydrogens (tertiary/aromatic N) is 2. The predicted octanol–water partition coefficient (Wildman–Crippen LogP) is 0.959. The van der Waals surface area contributed by atoms with E-state index in [1.54, 1.807) is 13.0 Å². The second-order valence-electron chi connectivity index (χ2n) is 6.49. The number of aliphatic hydroxyl groups excluding tert-OH is 1. The summed E-state index contributed by atoms with van der Waals surface area (Å²) >= 11 is 0. The zero-order valence-corrected chi connectivity index (χ0v) is 14.5. The number of rotatable bonds is 6. The first-order valence-electron chi connectivity index (χ1n) is 8.45. The maximum Gasteiger partial charge on any atom is 0.290 e. The van der Waals surface area contributed by atoms with Crippen LogP contribution in [0.3, 0.4) is 0 Å². The number of aromatic nitrogens is 1. The van der Waals surface area contributed by atoms with Crippen LogP contribution in [-0.4, -0.2) is 39.4 Å². The lowest BCUT2D eigenvalue weighted by atomic mass is 9.86. The topological polar surface area (TPSA) is 131 Å². The fourth-order valence-corrected chi connectivity index (χ4v) is 2.72. The average Bonchev–Trinajstić information content (AvgIpc) is 3.08. The smallest absolute Gasteiger partial charge is 0.290 e. The van der Waals surface area contributed by atoms with Crippen LogP contribution in [0.1, 0.15) is 30.3 Å². The molecule has 0 unspecified atom stereocenters. The molecule has 1 atom stereocenters. The Kier molecular flexibility index (Phi) is 5.24. The SMILES string of the molecule is C[C@@H](O)/C(N)=C/N(N)C1CC(NC(=O)c2cc(-c3ccccc3)no2)C1. The van der Waals surface area contributed by atoms with Gasteiger partial charge in [-0.15, -0.1) is 0 Å². The summed E-state index contributed by atoms with van der Waals surface area (Å²) < 4.78 is 5.15. The Hall–Kier alpha value is -2.84. The lowest BCUT2D eigenvalue weighted by Gasteiger charge is -2.40. The molecule has 8 heteroatoms. The quantitative estimate of drug-likeness (QED) is 0.447. The van der Waals surface area contributed by atoms with Gasteiger partial charge in [0, 0.05) is 29.9 Å². The molecule has 0 saturated heterocycles. The van der Waals surface area contributed by atoms with Crippen molar-refractivity contribution < 1.29 is 14.4 Å². The van der Waals surface area contributed by atoms with Crippen LogP contribution in [0, 0.1) is 0 Å². The fraction of sp³-hybridized carbons (Fsp3) is 0.333. The van der Waals surface area contributed by atoms with Crippen molar-refractivity contribution >= 4 is 5.91 Å². The van der Waals surface area contributed by atoms with Gasteiger partial charge in [-0.05, 0) is 19.8 Å². The van der Waals surface area contributed by atoms with Gasteiger partial charge in [-0.25, -0.2) is 5.84 Å². The molecule has 138 valence electrons. The third-order valence-electron chi connectivity index (χ3n) is 4.45. The summed E-state index contributed by atoms with van der Waals surface area (Å²) in [4.78, 5) is 12.3. The second-order valence-corrected chi connectivity index (χ2v) is 6.49. The Balaban J connectivity index is 1.52. The van der Waals surface area contributed by atoms with Crippen molar-refractivity contribution in [1.82, 2.24) is 15.5 Å². The predicted molar refractivity (Wildman–Crippen MR) is 96.2 cm³/mol. The highest BCUT2D eigenvalue weighted by atomic mass is 16.5. The highest BCUT2D eigenvalue weighted by Gasteiger charge is 2.33. The average molecular weight is 357 g/mol. The molecule has 0 aliphatic heterocycles. The molecule has 1 aliphatic carbocycles. The van der Waals surface area contributed by atoms with E-state index >= 15 is 0 Å². The van der Waals surface area contributed by atoms with Gasteiger partial charge < -0.3 is 25.7 Å². The van der Waals surface area contributed by atoms with Crippen molar-refractivity contribution in [1.29, 1.82) is 0 Å². The molecule has 1 fully saturated rings. The minimum atomic E-state index is -0.748. The van der Waals surface area contributed by atoms with Gasteiger partial charge in [0.05, 0.1) is 11.8 Å². The van der Waals surface area contributed by atoms with E-state index in [0.717, 1.165) is 5.56 Å². The van der Waals surface area contributed by atoms with Crippen molar-refractivity contribution in [2.24, 2.45) is 11.6 Å². The van der Waals surface area contributed by atoms with Crippen LogP contribution in [0.25, 0.3) is 11.3 Å². The number of hydrogen-bond acceptors (Lipinski definition) is 7. The molecule has 0 bridgehead atoms. The molecule has 0 radical (unpaired) electrons. The number of amides is 1. The normalized spacial score (nSPS) is 21.0. The van der Waals surface area contributed by atoms with Gasteiger partial charge in [0.15, 0.2) is 0 Å². The minimum Gasteiger partial charge on any atom is -0.399 e. The molecular formula is C18H23N5O3. The summed E-state index contributed by atoms with van der Waals surface area (Å²) in [5, 5.41) is 17.7. The number of aliphatic hydroxyl groups is 1. The maximum absolute atomic E-state index is 12.3. The highest BCUT2D eigenvalue weighted by molar-refractivity contribution is 5.92. The lowest BCUT2D eigenvalue weighted by molar-refractivity contribution is 0.0812. The highest BCUT2D eigenvalue weighted by Crippen LogP contribution is 2.25. The maximum atomic E-state index is 12.3. The van der Waals surface area contributed by atoms with Gasteiger partial charge in [-0.3, -0.25) is 4.79 Å². The third kappa shape index (κ3) is 4.04. The van der Waals surface area contributed by atoms with Crippen LogP contribution < -0.4 is 16.9 Å². The van der Waals surface area contributed by atoms with E-state index in [0.29, 0.717) is 24.2 Å². The largest absolute Gasteiger partial charge is 0.399 e. The van der Waals surface area contributed by atoms with Crippen molar-refractivity contribution in [2.75, 3.05) is 0 Å². The number of nitrogens with one attached hydrogen (secondary N) is 1. The molecule has 6 N–H and O–H groups in total. The molecule has 1 saturated carbocycles. The summed E-state index contributed by atoms with van der Waals surface area (Å²) in [6.07, 6.45) is 2.15. The molecule has 1 aliphatic rings. The van der Waals surface area contributed by atoms with Gasteiger partial charge >= 0.3 is 0 Å². The van der Waals surface area contributed by atoms with Crippen molar-refractivity contribution in [3.8, 4) is 11.3 Å². The number of benzene rings is 1. The monoisotopic (exact) mass is 357 g/mol. The summed E-state index contributed by atoms with van der Waals surface area (Å²) in [6.45, 7) is 1.57. The Bertz CT molecular complexity index is 781. The van der Waals surface area contributed by atoms with E-state index in [1.165, 1.54) is 11.2 Å². The zero-order chi connectivity index (χ0) is 18.7. The second kappa shape index (κ2) is 7.59. The minimum absolute atomic E-state index is 0.00463. The van der Waals surface area contributed by atoms with Gasteiger partial charge in [-0.2, -0.15) is 0 Å². The molecule has 1 aromatic carbocycles. The van der Waals surface area contributed by atoms with Crippen LogP contribution >= 0.6 is 0 Å². The Morgan fingerprint density at radius 3 is 2.77 bits per heavy atom. The third-order valence-corrected chi connectivity index (χ3v) is 4.45. The van der Waals surface area contributed by atoms with E-state index in [9.17, 15) is 9.90 Å².